The fourth-order valence-corrected chi connectivity index (χ4v) is 3.25. The average Bonchev–Trinajstić information content (AvgIpc) is 3.20. The molecule has 0 aliphatic carbocycles. The van der Waals surface area contributed by atoms with Crippen molar-refractivity contribution in [3.63, 3.8) is 0 Å². The van der Waals surface area contributed by atoms with Crippen LogP contribution in [-0.2, 0) is 20.8 Å². The first kappa shape index (κ1) is 18.6. The summed E-state index contributed by atoms with van der Waals surface area (Å²) in [6, 6.07) is 5.33. The first-order chi connectivity index (χ1) is 12.6. The molecule has 8 heteroatoms. The minimum Gasteiger partial charge on any atom is -0.348 e. The van der Waals surface area contributed by atoms with E-state index in [-0.39, 0.29) is 37.1 Å². The first-order valence-corrected chi connectivity index (χ1v) is 8.92. The maximum Gasteiger partial charge on any atom is 0.315 e. The molecule has 0 unspecified atom stereocenters. The SMILES string of the molecule is O=C(NCC(=O)N1CCCC[C@H]1C1OCCO1)NCc1ccc(F)cc1. The summed E-state index contributed by atoms with van der Waals surface area (Å²) in [5, 5.41) is 5.23. The second kappa shape index (κ2) is 8.95. The monoisotopic (exact) mass is 365 g/mol. The summed E-state index contributed by atoms with van der Waals surface area (Å²) >= 11 is 0. The topological polar surface area (TPSA) is 79.9 Å². The van der Waals surface area contributed by atoms with Crippen LogP contribution in [0.3, 0.4) is 0 Å². The number of piperidine rings is 1. The van der Waals surface area contributed by atoms with Gasteiger partial charge in [0.15, 0.2) is 6.29 Å². The van der Waals surface area contributed by atoms with Gasteiger partial charge >= 0.3 is 6.03 Å². The van der Waals surface area contributed by atoms with E-state index >= 15 is 0 Å². The molecule has 0 bridgehead atoms. The molecule has 1 aromatic carbocycles. The van der Waals surface area contributed by atoms with Crippen LogP contribution in [0.2, 0.25) is 0 Å². The van der Waals surface area contributed by atoms with Gasteiger partial charge in [0.25, 0.3) is 0 Å². The standard InChI is InChI=1S/C18H24FN3O4/c19-14-6-4-13(5-7-14)11-20-18(24)21-12-16(23)22-8-2-1-3-15(22)17-25-9-10-26-17/h4-7,15,17H,1-3,8-12H2,(H2,20,21,24)/t15-/m0/s1. The molecule has 7 nitrogen and oxygen atoms in total. The van der Waals surface area contributed by atoms with Crippen molar-refractivity contribution in [2.75, 3.05) is 26.3 Å². The number of rotatable bonds is 5. The quantitative estimate of drug-likeness (QED) is 0.826. The highest BCUT2D eigenvalue weighted by atomic mass is 19.1. The van der Waals surface area contributed by atoms with Crippen LogP contribution in [0, 0.1) is 5.82 Å². The molecular weight excluding hydrogens is 341 g/mol. The number of halogens is 1. The largest absolute Gasteiger partial charge is 0.348 e. The second-order valence-corrected chi connectivity index (χ2v) is 6.42. The first-order valence-electron chi connectivity index (χ1n) is 8.92. The van der Waals surface area contributed by atoms with Crippen molar-refractivity contribution in [1.82, 2.24) is 15.5 Å². The van der Waals surface area contributed by atoms with Crippen LogP contribution in [0.25, 0.3) is 0 Å². The Morgan fingerprint density at radius 2 is 1.85 bits per heavy atom. The Morgan fingerprint density at radius 1 is 1.12 bits per heavy atom. The highest BCUT2D eigenvalue weighted by Crippen LogP contribution is 2.24. The molecule has 2 aliphatic rings. The lowest BCUT2D eigenvalue weighted by Gasteiger charge is -2.38. The van der Waals surface area contributed by atoms with E-state index in [2.05, 4.69) is 10.6 Å². The molecule has 2 saturated heterocycles. The van der Waals surface area contributed by atoms with Crippen LogP contribution in [-0.4, -0.2) is 55.5 Å². The number of likely N-dealkylation sites (tertiary alicyclic amines) is 1. The number of ether oxygens (including phenoxy) is 2. The summed E-state index contributed by atoms with van der Waals surface area (Å²) in [5.74, 6) is -0.471. The van der Waals surface area contributed by atoms with Gasteiger partial charge in [-0.25, -0.2) is 9.18 Å². The minimum atomic E-state index is -0.440. The van der Waals surface area contributed by atoms with Crippen LogP contribution < -0.4 is 10.6 Å². The van der Waals surface area contributed by atoms with E-state index in [9.17, 15) is 14.0 Å². The summed E-state index contributed by atoms with van der Waals surface area (Å²) in [6.45, 7) is 1.92. The summed E-state index contributed by atoms with van der Waals surface area (Å²) in [6.07, 6.45) is 2.44. The van der Waals surface area contributed by atoms with E-state index < -0.39 is 6.03 Å². The number of nitrogens with one attached hydrogen (secondary N) is 2. The number of hydrogen-bond donors (Lipinski definition) is 2. The zero-order valence-corrected chi connectivity index (χ0v) is 14.6. The molecule has 0 radical (unpaired) electrons. The van der Waals surface area contributed by atoms with Gasteiger partial charge < -0.3 is 25.0 Å². The van der Waals surface area contributed by atoms with Gasteiger partial charge in [0.2, 0.25) is 5.91 Å². The van der Waals surface area contributed by atoms with Gasteiger partial charge in [-0.1, -0.05) is 12.1 Å². The Balaban J connectivity index is 1.44. The summed E-state index contributed by atoms with van der Waals surface area (Å²) in [4.78, 5) is 26.2. The van der Waals surface area contributed by atoms with Gasteiger partial charge in [0.05, 0.1) is 25.8 Å². The van der Waals surface area contributed by atoms with Crippen molar-refractivity contribution in [3.05, 3.63) is 35.6 Å². The van der Waals surface area contributed by atoms with E-state index in [1.807, 2.05) is 0 Å². The Bertz CT molecular complexity index is 619. The Kier molecular flexibility index (Phi) is 6.40. The summed E-state index contributed by atoms with van der Waals surface area (Å²) in [5.41, 5.74) is 0.777. The second-order valence-electron chi connectivity index (χ2n) is 6.42. The highest BCUT2D eigenvalue weighted by molar-refractivity contribution is 5.84. The zero-order chi connectivity index (χ0) is 18.4. The maximum absolute atomic E-state index is 12.9. The van der Waals surface area contributed by atoms with E-state index in [0.717, 1.165) is 24.8 Å². The predicted molar refractivity (Wildman–Crippen MR) is 91.7 cm³/mol. The highest BCUT2D eigenvalue weighted by Gasteiger charge is 2.36. The third kappa shape index (κ3) is 4.92. The number of nitrogens with zero attached hydrogens (tertiary/aromatic N) is 1. The van der Waals surface area contributed by atoms with Gasteiger partial charge in [-0.2, -0.15) is 0 Å². The van der Waals surface area contributed by atoms with Crippen LogP contribution in [0.4, 0.5) is 9.18 Å². The number of carbonyl (C=O) groups is 2. The third-order valence-electron chi connectivity index (χ3n) is 4.60. The van der Waals surface area contributed by atoms with Crippen LogP contribution >= 0.6 is 0 Å². The fraction of sp³-hybridized carbons (Fsp3) is 0.556. The van der Waals surface area contributed by atoms with Gasteiger partial charge in [-0.05, 0) is 37.0 Å². The van der Waals surface area contributed by atoms with Gasteiger partial charge in [0, 0.05) is 13.1 Å². The Hall–Kier alpha value is -2.19. The molecule has 0 aromatic heterocycles. The van der Waals surface area contributed by atoms with Crippen LogP contribution in [0.1, 0.15) is 24.8 Å². The number of urea groups is 1. The maximum atomic E-state index is 12.9. The van der Waals surface area contributed by atoms with Gasteiger partial charge in [-0.15, -0.1) is 0 Å². The van der Waals surface area contributed by atoms with E-state index in [4.69, 9.17) is 9.47 Å². The molecule has 26 heavy (non-hydrogen) atoms. The molecule has 1 atom stereocenters. The van der Waals surface area contributed by atoms with Crippen molar-refractivity contribution in [1.29, 1.82) is 0 Å². The minimum absolute atomic E-state index is 0.0849. The van der Waals surface area contributed by atoms with E-state index in [1.54, 1.807) is 17.0 Å². The molecule has 2 fully saturated rings. The predicted octanol–water partition coefficient (Wildman–Crippen LogP) is 1.38. The van der Waals surface area contributed by atoms with E-state index in [0.29, 0.717) is 19.8 Å². The molecule has 142 valence electrons. The van der Waals surface area contributed by atoms with Crippen LogP contribution in [0.15, 0.2) is 24.3 Å². The lowest BCUT2D eigenvalue weighted by Crippen LogP contribution is -2.53. The molecule has 2 heterocycles. The summed E-state index contributed by atoms with van der Waals surface area (Å²) in [7, 11) is 0. The lowest BCUT2D eigenvalue weighted by atomic mass is 10.0. The smallest absolute Gasteiger partial charge is 0.315 e. The normalized spacial score (nSPS) is 20.8. The third-order valence-corrected chi connectivity index (χ3v) is 4.60. The van der Waals surface area contributed by atoms with Gasteiger partial charge in [0.1, 0.15) is 5.82 Å². The van der Waals surface area contributed by atoms with Crippen LogP contribution in [0.5, 0.6) is 0 Å². The number of hydrogen-bond acceptors (Lipinski definition) is 4. The van der Waals surface area contributed by atoms with Crippen molar-refractivity contribution < 1.29 is 23.5 Å². The van der Waals surface area contributed by atoms with Crippen molar-refractivity contribution in [3.8, 4) is 0 Å². The average molecular weight is 365 g/mol. The van der Waals surface area contributed by atoms with Gasteiger partial charge in [-0.3, -0.25) is 4.79 Å². The molecule has 2 N–H and O–H groups in total. The van der Waals surface area contributed by atoms with Crippen molar-refractivity contribution >= 4 is 11.9 Å². The Labute approximate surface area is 151 Å². The molecule has 0 saturated carbocycles. The molecule has 2 aliphatic heterocycles. The fourth-order valence-electron chi connectivity index (χ4n) is 3.25. The number of amides is 3. The number of carbonyl (C=O) groups excluding carboxylic acids is 2. The molecule has 0 spiro atoms. The zero-order valence-electron chi connectivity index (χ0n) is 14.6. The van der Waals surface area contributed by atoms with Crippen molar-refractivity contribution in [2.24, 2.45) is 0 Å². The molecule has 3 rings (SSSR count). The lowest BCUT2D eigenvalue weighted by molar-refractivity contribution is -0.149. The molecule has 3 amide bonds. The number of benzene rings is 1. The molecular formula is C18H24FN3O4. The molecule has 1 aromatic rings. The Morgan fingerprint density at radius 3 is 2.58 bits per heavy atom. The summed E-state index contributed by atoms with van der Waals surface area (Å²) < 4.78 is 24.0. The van der Waals surface area contributed by atoms with Crippen molar-refractivity contribution in [2.45, 2.75) is 38.1 Å². The van der Waals surface area contributed by atoms with E-state index in [1.165, 1.54) is 12.1 Å².